The van der Waals surface area contributed by atoms with Crippen LogP contribution < -0.4 is 5.73 Å². The molecule has 2 heterocycles. The van der Waals surface area contributed by atoms with Crippen LogP contribution in [0.4, 0.5) is 14.7 Å². The van der Waals surface area contributed by atoms with Crippen LogP contribution in [-0.4, -0.2) is 19.7 Å². The van der Waals surface area contributed by atoms with Crippen molar-refractivity contribution in [1.82, 2.24) is 19.7 Å². The summed E-state index contributed by atoms with van der Waals surface area (Å²) in [5.41, 5.74) is 7.25. The molecule has 1 aromatic carbocycles. The number of hydrogen-bond donors (Lipinski definition) is 1. The summed E-state index contributed by atoms with van der Waals surface area (Å²) in [7, 11) is 0. The number of anilines is 1. The van der Waals surface area contributed by atoms with Crippen molar-refractivity contribution in [1.29, 1.82) is 0 Å². The molecule has 112 valence electrons. The Hall–Kier alpha value is -2.83. The maximum absolute atomic E-state index is 13.0. The molecular weight excluding hydrogens is 288 g/mol. The number of alkyl halides is 2. The highest BCUT2D eigenvalue weighted by molar-refractivity contribution is 5.62. The lowest BCUT2D eigenvalue weighted by atomic mass is 10.1. The van der Waals surface area contributed by atoms with E-state index in [4.69, 9.17) is 5.73 Å². The maximum Gasteiger partial charge on any atom is 0.282 e. The van der Waals surface area contributed by atoms with E-state index in [0.29, 0.717) is 17.2 Å². The zero-order valence-electron chi connectivity index (χ0n) is 11.7. The number of nitrogens with zero attached hydrogens (tertiary/aromatic N) is 4. The molecule has 0 aliphatic heterocycles. The Kier molecular flexibility index (Phi) is 3.54. The van der Waals surface area contributed by atoms with Gasteiger partial charge in [-0.05, 0) is 13.0 Å². The van der Waals surface area contributed by atoms with E-state index in [-0.39, 0.29) is 11.6 Å². The number of nitrogens with two attached hydrogens (primary N) is 1. The minimum atomic E-state index is -2.66. The van der Waals surface area contributed by atoms with Crippen LogP contribution >= 0.6 is 0 Å². The van der Waals surface area contributed by atoms with E-state index in [0.717, 1.165) is 5.56 Å². The molecule has 0 fully saturated rings. The van der Waals surface area contributed by atoms with Crippen LogP contribution in [0.3, 0.4) is 0 Å². The Labute approximate surface area is 125 Å². The summed E-state index contributed by atoms with van der Waals surface area (Å²) in [5, 5.41) is 3.96. The van der Waals surface area contributed by atoms with E-state index >= 15 is 0 Å². The smallest absolute Gasteiger partial charge is 0.282 e. The van der Waals surface area contributed by atoms with Gasteiger partial charge in [-0.15, -0.1) is 0 Å². The molecule has 2 aromatic heterocycles. The fourth-order valence-corrected chi connectivity index (χ4v) is 2.18. The van der Waals surface area contributed by atoms with Gasteiger partial charge >= 0.3 is 0 Å². The SMILES string of the molecule is Cc1cc(-n2nc(C(F)F)cc2-c2ccccc2)nc(N)n1. The van der Waals surface area contributed by atoms with Gasteiger partial charge in [0, 0.05) is 17.3 Å². The van der Waals surface area contributed by atoms with Crippen molar-refractivity contribution >= 4 is 5.95 Å². The highest BCUT2D eigenvalue weighted by Crippen LogP contribution is 2.27. The topological polar surface area (TPSA) is 69.6 Å². The summed E-state index contributed by atoms with van der Waals surface area (Å²) in [6.07, 6.45) is -2.66. The van der Waals surface area contributed by atoms with Gasteiger partial charge in [0.25, 0.3) is 6.43 Å². The van der Waals surface area contributed by atoms with Crippen LogP contribution in [0.5, 0.6) is 0 Å². The monoisotopic (exact) mass is 301 g/mol. The lowest BCUT2D eigenvalue weighted by molar-refractivity contribution is 0.145. The Morgan fingerprint density at radius 2 is 1.82 bits per heavy atom. The van der Waals surface area contributed by atoms with E-state index in [9.17, 15) is 8.78 Å². The van der Waals surface area contributed by atoms with Crippen LogP contribution in [0.15, 0.2) is 42.5 Å². The molecule has 3 rings (SSSR count). The Morgan fingerprint density at radius 3 is 2.45 bits per heavy atom. The van der Waals surface area contributed by atoms with Gasteiger partial charge in [0.2, 0.25) is 5.95 Å². The number of halogens is 2. The van der Waals surface area contributed by atoms with Gasteiger partial charge in [0.05, 0.1) is 5.69 Å². The van der Waals surface area contributed by atoms with E-state index in [1.54, 1.807) is 13.0 Å². The minimum Gasteiger partial charge on any atom is -0.368 e. The van der Waals surface area contributed by atoms with Crippen LogP contribution in [0.1, 0.15) is 17.8 Å². The van der Waals surface area contributed by atoms with Crippen LogP contribution in [0, 0.1) is 6.92 Å². The highest BCUT2D eigenvalue weighted by Gasteiger charge is 2.18. The summed E-state index contributed by atoms with van der Waals surface area (Å²) in [6.45, 7) is 1.75. The van der Waals surface area contributed by atoms with Gasteiger partial charge in [0.1, 0.15) is 5.69 Å². The molecule has 3 aromatic rings. The van der Waals surface area contributed by atoms with E-state index in [1.165, 1.54) is 10.7 Å². The van der Waals surface area contributed by atoms with Crippen LogP contribution in [0.25, 0.3) is 17.1 Å². The van der Waals surface area contributed by atoms with Crippen molar-refractivity contribution in [3.05, 3.63) is 53.9 Å². The van der Waals surface area contributed by atoms with Crippen molar-refractivity contribution in [2.24, 2.45) is 0 Å². The van der Waals surface area contributed by atoms with Gasteiger partial charge in [0.15, 0.2) is 5.82 Å². The number of aryl methyl sites for hydroxylation is 1. The molecule has 0 unspecified atom stereocenters. The van der Waals surface area contributed by atoms with Crippen LogP contribution in [0.2, 0.25) is 0 Å². The predicted octanol–water partition coefficient (Wildman–Crippen LogP) is 3.16. The molecule has 0 saturated carbocycles. The molecule has 0 aliphatic carbocycles. The summed E-state index contributed by atoms with van der Waals surface area (Å²) in [6, 6.07) is 12.1. The lowest BCUT2D eigenvalue weighted by Gasteiger charge is -2.08. The normalized spacial score (nSPS) is 11.1. The van der Waals surface area contributed by atoms with E-state index < -0.39 is 6.43 Å². The number of rotatable bonds is 3. The maximum atomic E-state index is 13.0. The van der Waals surface area contributed by atoms with E-state index in [1.807, 2.05) is 30.3 Å². The molecule has 0 aliphatic rings. The molecule has 2 N–H and O–H groups in total. The fourth-order valence-electron chi connectivity index (χ4n) is 2.18. The quantitative estimate of drug-likeness (QED) is 0.806. The largest absolute Gasteiger partial charge is 0.368 e. The molecule has 0 spiro atoms. The van der Waals surface area contributed by atoms with Crippen molar-refractivity contribution in [2.45, 2.75) is 13.3 Å². The molecule has 22 heavy (non-hydrogen) atoms. The Morgan fingerprint density at radius 1 is 1.09 bits per heavy atom. The van der Waals surface area contributed by atoms with Crippen molar-refractivity contribution in [3.63, 3.8) is 0 Å². The molecule has 0 amide bonds. The second-order valence-corrected chi connectivity index (χ2v) is 4.76. The second-order valence-electron chi connectivity index (χ2n) is 4.76. The van der Waals surface area contributed by atoms with Gasteiger partial charge in [-0.1, -0.05) is 30.3 Å². The number of benzene rings is 1. The van der Waals surface area contributed by atoms with Gasteiger partial charge in [-0.3, -0.25) is 0 Å². The van der Waals surface area contributed by atoms with Crippen molar-refractivity contribution in [2.75, 3.05) is 5.73 Å². The first-order valence-corrected chi connectivity index (χ1v) is 6.59. The third-order valence-corrected chi connectivity index (χ3v) is 3.10. The Balaban J connectivity index is 2.21. The number of hydrogen-bond acceptors (Lipinski definition) is 4. The molecule has 0 bridgehead atoms. The predicted molar refractivity (Wildman–Crippen MR) is 78.7 cm³/mol. The van der Waals surface area contributed by atoms with Crippen molar-refractivity contribution < 1.29 is 8.78 Å². The summed E-state index contributed by atoms with van der Waals surface area (Å²) < 4.78 is 27.4. The standard InChI is InChI=1S/C15H13F2N5/c1-9-7-13(20-15(18)19-9)22-12(8-11(21-22)14(16)17)10-5-3-2-4-6-10/h2-8,14H,1H3,(H2,18,19,20). The van der Waals surface area contributed by atoms with E-state index in [2.05, 4.69) is 15.1 Å². The summed E-state index contributed by atoms with van der Waals surface area (Å²) in [4.78, 5) is 8.07. The third kappa shape index (κ3) is 2.65. The third-order valence-electron chi connectivity index (χ3n) is 3.10. The zero-order chi connectivity index (χ0) is 15.7. The van der Waals surface area contributed by atoms with Crippen molar-refractivity contribution in [3.8, 4) is 17.1 Å². The lowest BCUT2D eigenvalue weighted by Crippen LogP contribution is -2.07. The highest BCUT2D eigenvalue weighted by atomic mass is 19.3. The molecule has 0 atom stereocenters. The zero-order valence-corrected chi connectivity index (χ0v) is 11.7. The minimum absolute atomic E-state index is 0.0723. The molecule has 0 saturated heterocycles. The van der Waals surface area contributed by atoms with Gasteiger partial charge in [-0.2, -0.15) is 10.1 Å². The first kappa shape index (κ1) is 14.1. The first-order valence-electron chi connectivity index (χ1n) is 6.59. The number of nitrogen functional groups attached to an aromatic ring is 1. The fraction of sp³-hybridized carbons (Fsp3) is 0.133. The van der Waals surface area contributed by atoms with Gasteiger partial charge in [-0.25, -0.2) is 18.4 Å². The molecular formula is C15H13F2N5. The summed E-state index contributed by atoms with van der Waals surface area (Å²) in [5.74, 6) is 0.430. The van der Waals surface area contributed by atoms with Gasteiger partial charge < -0.3 is 5.73 Å². The molecule has 7 heteroatoms. The average Bonchev–Trinajstić information content (AvgIpc) is 2.92. The summed E-state index contributed by atoms with van der Waals surface area (Å²) >= 11 is 0. The Bertz CT molecular complexity index is 779. The molecule has 0 radical (unpaired) electrons. The molecule has 5 nitrogen and oxygen atoms in total. The average molecular weight is 301 g/mol. The first-order chi connectivity index (χ1) is 10.5. The second kappa shape index (κ2) is 5.51. The number of aromatic nitrogens is 4. The van der Waals surface area contributed by atoms with Crippen LogP contribution in [-0.2, 0) is 0 Å².